The molecule has 11 heteroatoms. The van der Waals surface area contributed by atoms with Crippen LogP contribution in [0.25, 0.3) is 0 Å². The minimum Gasteiger partial charge on any atom is -0.392 e. The highest BCUT2D eigenvalue weighted by Crippen LogP contribution is 2.39. The molecule has 0 bridgehead atoms. The third-order valence-electron chi connectivity index (χ3n) is 6.23. The first-order chi connectivity index (χ1) is 19.0. The summed E-state index contributed by atoms with van der Waals surface area (Å²) in [5.74, 6) is -0.00939. The Morgan fingerprint density at radius 1 is 0.923 bits per heavy atom. The van der Waals surface area contributed by atoms with Crippen LogP contribution in [0.15, 0.2) is 72.1 Å². The monoisotopic (exact) mass is 552 g/mol. The van der Waals surface area contributed by atoms with Crippen molar-refractivity contribution in [3.8, 4) is 0 Å². The highest BCUT2D eigenvalue weighted by atomic mass is 32.2. The summed E-state index contributed by atoms with van der Waals surface area (Å²) in [5.41, 5.74) is 5.19. The number of aliphatic hydroxyl groups is 1. The molecule has 1 aliphatic rings. The maximum atomic E-state index is 12.0. The van der Waals surface area contributed by atoms with Crippen molar-refractivity contribution in [1.82, 2.24) is 20.8 Å². The second kappa shape index (κ2) is 14.7. The van der Waals surface area contributed by atoms with Crippen LogP contribution in [0, 0.1) is 0 Å². The molecule has 1 fully saturated rings. The maximum Gasteiger partial charge on any atom is 0.243 e. The zero-order valence-electron chi connectivity index (χ0n) is 21.4. The molecule has 0 aliphatic carbocycles. The average molecular weight is 553 g/mol. The molecule has 3 atom stereocenters. The molecule has 4 N–H and O–H groups in total. The molecule has 0 unspecified atom stereocenters. The number of hydroxylamine groups is 1. The van der Waals surface area contributed by atoms with Crippen LogP contribution < -0.4 is 10.8 Å². The molecule has 1 aliphatic heterocycles. The lowest BCUT2D eigenvalue weighted by molar-refractivity contribution is -0.245. The molecule has 3 aromatic rings. The van der Waals surface area contributed by atoms with Gasteiger partial charge in [0.1, 0.15) is 0 Å². The van der Waals surface area contributed by atoms with E-state index in [4.69, 9.17) is 14.7 Å². The number of rotatable bonds is 12. The van der Waals surface area contributed by atoms with Crippen LogP contribution in [0.3, 0.4) is 0 Å². The molecule has 0 saturated carbocycles. The molecule has 2 aromatic carbocycles. The van der Waals surface area contributed by atoms with Gasteiger partial charge in [0, 0.05) is 49.5 Å². The third-order valence-corrected chi connectivity index (χ3v) is 7.24. The SMILES string of the molecule is O=C(CCCC(=O)NCc1ccc([C@H]2O[C@@H](CSc3ncccn3)C[C@@H](c3ccc(CO)cc3)O2)cc1)NO. The Balaban J connectivity index is 1.38. The van der Waals surface area contributed by atoms with Crippen molar-refractivity contribution in [2.24, 2.45) is 0 Å². The first kappa shape index (κ1) is 28.7. The van der Waals surface area contributed by atoms with E-state index in [1.807, 2.05) is 48.5 Å². The van der Waals surface area contributed by atoms with Crippen LogP contribution in [0.2, 0.25) is 0 Å². The van der Waals surface area contributed by atoms with Crippen molar-refractivity contribution in [1.29, 1.82) is 0 Å². The molecule has 4 rings (SSSR count). The van der Waals surface area contributed by atoms with Crippen molar-refractivity contribution in [2.45, 2.75) is 62.5 Å². The Morgan fingerprint density at radius 2 is 1.59 bits per heavy atom. The molecule has 0 radical (unpaired) electrons. The second-order valence-electron chi connectivity index (χ2n) is 9.10. The number of carbonyl (C=O) groups is 2. The molecule has 2 heterocycles. The molecule has 0 spiro atoms. The van der Waals surface area contributed by atoms with Gasteiger partial charge >= 0.3 is 0 Å². The number of ether oxygens (including phenoxy) is 2. The quantitative estimate of drug-likeness (QED) is 0.115. The van der Waals surface area contributed by atoms with E-state index in [0.29, 0.717) is 30.3 Å². The number of nitrogens with one attached hydrogen (secondary N) is 2. The number of carbonyl (C=O) groups excluding carboxylic acids is 2. The summed E-state index contributed by atoms with van der Waals surface area (Å²) in [6, 6.07) is 17.2. The number of thioether (sulfide) groups is 1. The predicted octanol–water partition coefficient (Wildman–Crippen LogP) is 3.60. The topological polar surface area (TPSA) is 143 Å². The molecule has 39 heavy (non-hydrogen) atoms. The molecule has 1 saturated heterocycles. The Morgan fingerprint density at radius 3 is 2.28 bits per heavy atom. The van der Waals surface area contributed by atoms with Gasteiger partial charge in [-0.15, -0.1) is 0 Å². The lowest BCUT2D eigenvalue weighted by Crippen LogP contribution is -2.31. The lowest BCUT2D eigenvalue weighted by atomic mass is 10.0. The maximum absolute atomic E-state index is 12.0. The molecule has 1 aromatic heterocycles. The highest BCUT2D eigenvalue weighted by molar-refractivity contribution is 7.99. The molecular formula is C28H32N4O6S. The van der Waals surface area contributed by atoms with Crippen molar-refractivity contribution in [3.63, 3.8) is 0 Å². The molecular weight excluding hydrogens is 520 g/mol. The summed E-state index contributed by atoms with van der Waals surface area (Å²) in [5, 5.41) is 21.4. The van der Waals surface area contributed by atoms with Gasteiger partial charge in [0.2, 0.25) is 11.8 Å². The first-order valence-electron chi connectivity index (χ1n) is 12.7. The predicted molar refractivity (Wildman–Crippen MR) is 143 cm³/mol. The summed E-state index contributed by atoms with van der Waals surface area (Å²) in [6.45, 7) is 0.343. The van der Waals surface area contributed by atoms with Gasteiger partial charge in [0.25, 0.3) is 0 Å². The molecule has 10 nitrogen and oxygen atoms in total. The number of hydrogen-bond donors (Lipinski definition) is 4. The third kappa shape index (κ3) is 8.84. The van der Waals surface area contributed by atoms with Gasteiger partial charge < -0.3 is 19.9 Å². The van der Waals surface area contributed by atoms with E-state index in [1.54, 1.807) is 23.9 Å². The first-order valence-corrected chi connectivity index (χ1v) is 13.7. The summed E-state index contributed by atoms with van der Waals surface area (Å²) in [4.78, 5) is 31.7. The Labute approximate surface area is 231 Å². The van der Waals surface area contributed by atoms with Crippen LogP contribution in [0.4, 0.5) is 0 Å². The summed E-state index contributed by atoms with van der Waals surface area (Å²) < 4.78 is 12.7. The van der Waals surface area contributed by atoms with Crippen molar-refractivity contribution in [2.75, 3.05) is 5.75 Å². The number of benzene rings is 2. The van der Waals surface area contributed by atoms with Gasteiger partial charge in [-0.05, 0) is 29.2 Å². The van der Waals surface area contributed by atoms with Gasteiger partial charge in [0.05, 0.1) is 18.8 Å². The minimum absolute atomic E-state index is 0.0123. The average Bonchev–Trinajstić information content (AvgIpc) is 2.99. The van der Waals surface area contributed by atoms with Gasteiger partial charge in [-0.25, -0.2) is 15.4 Å². The number of aromatic nitrogens is 2. The van der Waals surface area contributed by atoms with E-state index in [2.05, 4.69) is 15.3 Å². The fraction of sp³-hybridized carbons (Fsp3) is 0.357. The van der Waals surface area contributed by atoms with Crippen LogP contribution in [0.5, 0.6) is 0 Å². The minimum atomic E-state index is -0.579. The number of nitrogens with zero attached hydrogens (tertiary/aromatic N) is 2. The smallest absolute Gasteiger partial charge is 0.243 e. The Hall–Kier alpha value is -3.35. The van der Waals surface area contributed by atoms with E-state index < -0.39 is 12.2 Å². The fourth-order valence-electron chi connectivity index (χ4n) is 4.10. The van der Waals surface area contributed by atoms with Crippen molar-refractivity contribution < 1.29 is 29.4 Å². The molecule has 206 valence electrons. The van der Waals surface area contributed by atoms with E-state index in [0.717, 1.165) is 22.3 Å². The number of aliphatic hydroxyl groups excluding tert-OH is 1. The van der Waals surface area contributed by atoms with Gasteiger partial charge in [-0.3, -0.25) is 14.8 Å². The normalized spacial score (nSPS) is 18.9. The van der Waals surface area contributed by atoms with Crippen LogP contribution >= 0.6 is 11.8 Å². The Bertz CT molecular complexity index is 1200. The van der Waals surface area contributed by atoms with Crippen molar-refractivity contribution >= 4 is 23.6 Å². The van der Waals surface area contributed by atoms with E-state index in [9.17, 15) is 14.7 Å². The van der Waals surface area contributed by atoms with Crippen LogP contribution in [-0.4, -0.2) is 44.0 Å². The lowest BCUT2D eigenvalue weighted by Gasteiger charge is -2.36. The zero-order valence-corrected chi connectivity index (χ0v) is 22.2. The Kier molecular flexibility index (Phi) is 10.8. The van der Waals surface area contributed by atoms with E-state index in [1.165, 1.54) is 11.8 Å². The van der Waals surface area contributed by atoms with E-state index in [-0.39, 0.29) is 37.6 Å². The highest BCUT2D eigenvalue weighted by Gasteiger charge is 2.32. The fourth-order valence-corrected chi connectivity index (χ4v) is 4.92. The van der Waals surface area contributed by atoms with Gasteiger partial charge in [0.15, 0.2) is 11.4 Å². The van der Waals surface area contributed by atoms with Crippen LogP contribution in [0.1, 0.15) is 60.3 Å². The number of amides is 2. The zero-order chi connectivity index (χ0) is 27.5. The number of hydrogen-bond acceptors (Lipinski definition) is 9. The van der Waals surface area contributed by atoms with Gasteiger partial charge in [-0.2, -0.15) is 0 Å². The summed E-state index contributed by atoms with van der Waals surface area (Å²) >= 11 is 1.54. The van der Waals surface area contributed by atoms with Crippen LogP contribution in [-0.2, 0) is 32.2 Å². The molecule has 2 amide bonds. The standard InChI is InChI=1S/C28H32N4O6S/c33-17-20-7-9-21(10-8-20)24-15-23(18-39-28-29-13-2-14-30-28)37-27(38-24)22-11-5-19(6-12-22)16-31-25(34)3-1-4-26(35)32-36/h2,5-14,23-24,27,33,36H,1,3-4,15-18H2,(H,31,34)(H,32,35)/t23-,24+,27+/m1/s1. The van der Waals surface area contributed by atoms with E-state index >= 15 is 0 Å². The summed E-state index contributed by atoms with van der Waals surface area (Å²) in [7, 11) is 0. The second-order valence-corrected chi connectivity index (χ2v) is 10.1. The van der Waals surface area contributed by atoms with Crippen molar-refractivity contribution in [3.05, 3.63) is 89.2 Å². The summed E-state index contributed by atoms with van der Waals surface area (Å²) in [6.07, 6.45) is 3.87. The largest absolute Gasteiger partial charge is 0.392 e. The van der Waals surface area contributed by atoms with Gasteiger partial charge in [-0.1, -0.05) is 60.3 Å².